The molecule has 1 saturated heterocycles. The Balaban J connectivity index is 2.32. The number of nitrogens with zero attached hydrogens (tertiary/aromatic N) is 2. The molecule has 2 rings (SSSR count). The Bertz CT molecular complexity index is 478. The number of ether oxygens (including phenoxy) is 1. The zero-order valence-corrected chi connectivity index (χ0v) is 11.1. The van der Waals surface area contributed by atoms with Gasteiger partial charge in [-0.1, -0.05) is 0 Å². The van der Waals surface area contributed by atoms with E-state index in [9.17, 15) is 15.2 Å². The normalized spacial score (nSPS) is 23.4. The number of aliphatic hydroxyl groups excluding tert-OH is 1. The number of anilines is 1. The van der Waals surface area contributed by atoms with E-state index in [1.54, 1.807) is 12.1 Å². The van der Waals surface area contributed by atoms with Gasteiger partial charge >= 0.3 is 0 Å². The third-order valence-corrected chi connectivity index (χ3v) is 3.37. The van der Waals surface area contributed by atoms with Crippen molar-refractivity contribution in [2.24, 2.45) is 0 Å². The number of aliphatic hydroxyl groups is 1. The molecule has 0 bridgehead atoms. The standard InChI is InChI=1S/C13H18N2O4/c1-9-8-19-10(2)6-14(9)12-3-4-13(15(17)18)11(5-12)7-16/h3-5,9-10,16H,6-8H2,1-2H3. The Kier molecular flexibility index (Phi) is 4.01. The molecule has 0 radical (unpaired) electrons. The van der Waals surface area contributed by atoms with Crippen molar-refractivity contribution in [1.29, 1.82) is 0 Å². The van der Waals surface area contributed by atoms with Crippen LogP contribution in [0.3, 0.4) is 0 Å². The van der Waals surface area contributed by atoms with Crippen molar-refractivity contribution < 1.29 is 14.8 Å². The van der Waals surface area contributed by atoms with E-state index >= 15 is 0 Å². The van der Waals surface area contributed by atoms with Gasteiger partial charge in [0, 0.05) is 24.3 Å². The van der Waals surface area contributed by atoms with Gasteiger partial charge in [0.1, 0.15) is 0 Å². The highest BCUT2D eigenvalue weighted by molar-refractivity contribution is 5.56. The fourth-order valence-electron chi connectivity index (χ4n) is 2.32. The Morgan fingerprint density at radius 2 is 2.26 bits per heavy atom. The summed E-state index contributed by atoms with van der Waals surface area (Å²) in [6.45, 7) is 5.08. The summed E-state index contributed by atoms with van der Waals surface area (Å²) in [5, 5.41) is 20.1. The Hall–Kier alpha value is -1.66. The molecule has 0 saturated carbocycles. The topological polar surface area (TPSA) is 75.8 Å². The zero-order valence-electron chi connectivity index (χ0n) is 11.1. The van der Waals surface area contributed by atoms with E-state index < -0.39 is 4.92 Å². The van der Waals surface area contributed by atoms with Crippen LogP contribution in [0.4, 0.5) is 11.4 Å². The molecule has 1 aliphatic rings. The van der Waals surface area contributed by atoms with Crippen LogP contribution in [0.25, 0.3) is 0 Å². The quantitative estimate of drug-likeness (QED) is 0.665. The summed E-state index contributed by atoms with van der Waals surface area (Å²) in [6, 6.07) is 5.08. The van der Waals surface area contributed by atoms with E-state index in [1.807, 2.05) is 13.8 Å². The molecule has 6 heteroatoms. The first-order chi connectivity index (χ1) is 9.02. The van der Waals surface area contributed by atoms with Gasteiger partial charge in [-0.3, -0.25) is 10.1 Å². The molecule has 1 fully saturated rings. The molecule has 2 unspecified atom stereocenters. The van der Waals surface area contributed by atoms with E-state index in [0.717, 1.165) is 12.2 Å². The van der Waals surface area contributed by atoms with Gasteiger partial charge < -0.3 is 14.7 Å². The van der Waals surface area contributed by atoms with Crippen molar-refractivity contribution in [2.75, 3.05) is 18.1 Å². The second-order valence-electron chi connectivity index (χ2n) is 4.87. The van der Waals surface area contributed by atoms with E-state index in [1.165, 1.54) is 6.07 Å². The van der Waals surface area contributed by atoms with Crippen LogP contribution in [0.5, 0.6) is 0 Å². The number of nitro groups is 1. The molecule has 6 nitrogen and oxygen atoms in total. The predicted octanol–water partition coefficient (Wildman–Crippen LogP) is 1.70. The summed E-state index contributed by atoms with van der Waals surface area (Å²) < 4.78 is 5.56. The maximum Gasteiger partial charge on any atom is 0.275 e. The molecule has 1 N–H and O–H groups in total. The zero-order chi connectivity index (χ0) is 14.0. The summed E-state index contributed by atoms with van der Waals surface area (Å²) in [5.74, 6) is 0. The smallest absolute Gasteiger partial charge is 0.275 e. The van der Waals surface area contributed by atoms with E-state index in [0.29, 0.717) is 12.2 Å². The van der Waals surface area contributed by atoms with Gasteiger partial charge in [-0.05, 0) is 26.0 Å². The van der Waals surface area contributed by atoms with E-state index in [2.05, 4.69) is 4.90 Å². The Morgan fingerprint density at radius 3 is 2.89 bits per heavy atom. The van der Waals surface area contributed by atoms with Crippen molar-refractivity contribution in [1.82, 2.24) is 0 Å². The third kappa shape index (κ3) is 2.85. The van der Waals surface area contributed by atoms with Crippen molar-refractivity contribution in [3.8, 4) is 0 Å². The minimum atomic E-state index is -0.472. The molecule has 1 aromatic carbocycles. The van der Waals surface area contributed by atoms with Gasteiger partial charge in [0.2, 0.25) is 0 Å². The molecule has 1 aromatic rings. The van der Waals surface area contributed by atoms with Crippen LogP contribution in [-0.2, 0) is 11.3 Å². The summed E-state index contributed by atoms with van der Waals surface area (Å²) in [6.07, 6.45) is 0.129. The Morgan fingerprint density at radius 1 is 1.53 bits per heavy atom. The maximum atomic E-state index is 10.8. The van der Waals surface area contributed by atoms with Crippen molar-refractivity contribution in [3.63, 3.8) is 0 Å². The van der Waals surface area contributed by atoms with Gasteiger partial charge in [0.15, 0.2) is 0 Å². The molecule has 0 amide bonds. The number of hydrogen-bond donors (Lipinski definition) is 1. The number of morpholine rings is 1. The second kappa shape index (κ2) is 5.54. The molecular formula is C13H18N2O4. The molecule has 1 heterocycles. The number of hydrogen-bond acceptors (Lipinski definition) is 5. The highest BCUT2D eigenvalue weighted by Gasteiger charge is 2.25. The third-order valence-electron chi connectivity index (χ3n) is 3.37. The maximum absolute atomic E-state index is 10.8. The molecule has 104 valence electrons. The minimum Gasteiger partial charge on any atom is -0.391 e. The van der Waals surface area contributed by atoms with Crippen LogP contribution >= 0.6 is 0 Å². The first kappa shape index (κ1) is 13.8. The number of nitro benzene ring substituents is 1. The predicted molar refractivity (Wildman–Crippen MR) is 71.2 cm³/mol. The van der Waals surface area contributed by atoms with Crippen LogP contribution in [-0.4, -0.2) is 35.3 Å². The van der Waals surface area contributed by atoms with Crippen molar-refractivity contribution in [3.05, 3.63) is 33.9 Å². The van der Waals surface area contributed by atoms with Gasteiger partial charge in [-0.2, -0.15) is 0 Å². The summed E-state index contributed by atoms with van der Waals surface area (Å²) in [4.78, 5) is 12.5. The molecule has 1 aliphatic heterocycles. The molecule has 0 aliphatic carbocycles. The molecule has 0 aromatic heterocycles. The van der Waals surface area contributed by atoms with Crippen molar-refractivity contribution >= 4 is 11.4 Å². The van der Waals surface area contributed by atoms with E-state index in [-0.39, 0.29) is 24.4 Å². The number of rotatable bonds is 3. The van der Waals surface area contributed by atoms with Crippen molar-refractivity contribution in [2.45, 2.75) is 32.6 Å². The van der Waals surface area contributed by atoms with Crippen LogP contribution in [0.1, 0.15) is 19.4 Å². The Labute approximate surface area is 111 Å². The summed E-state index contributed by atoms with van der Waals surface area (Å²) >= 11 is 0. The highest BCUT2D eigenvalue weighted by atomic mass is 16.6. The average molecular weight is 266 g/mol. The molecule has 0 spiro atoms. The average Bonchev–Trinajstić information content (AvgIpc) is 2.40. The molecule has 2 atom stereocenters. The lowest BCUT2D eigenvalue weighted by atomic mass is 10.1. The largest absolute Gasteiger partial charge is 0.391 e. The molecular weight excluding hydrogens is 248 g/mol. The van der Waals surface area contributed by atoms with Crippen LogP contribution in [0.2, 0.25) is 0 Å². The lowest BCUT2D eigenvalue weighted by Gasteiger charge is -2.38. The number of benzene rings is 1. The summed E-state index contributed by atoms with van der Waals surface area (Å²) in [7, 11) is 0. The lowest BCUT2D eigenvalue weighted by Crippen LogP contribution is -2.47. The molecule has 19 heavy (non-hydrogen) atoms. The van der Waals surface area contributed by atoms with Gasteiger partial charge in [-0.15, -0.1) is 0 Å². The van der Waals surface area contributed by atoms with Gasteiger partial charge in [-0.25, -0.2) is 0 Å². The first-order valence-electron chi connectivity index (χ1n) is 6.29. The van der Waals surface area contributed by atoms with Crippen LogP contribution in [0, 0.1) is 10.1 Å². The fraction of sp³-hybridized carbons (Fsp3) is 0.538. The fourth-order valence-corrected chi connectivity index (χ4v) is 2.32. The summed E-state index contributed by atoms with van der Waals surface area (Å²) in [5.41, 5.74) is 1.19. The lowest BCUT2D eigenvalue weighted by molar-refractivity contribution is -0.385. The van der Waals surface area contributed by atoms with E-state index in [4.69, 9.17) is 4.74 Å². The van der Waals surface area contributed by atoms with Gasteiger partial charge in [0.25, 0.3) is 5.69 Å². The minimum absolute atomic E-state index is 0.0415. The van der Waals surface area contributed by atoms with Crippen LogP contribution < -0.4 is 4.90 Å². The SMILES string of the molecule is CC1CN(c2ccc([N+](=O)[O-])c(CO)c2)C(C)CO1. The van der Waals surface area contributed by atoms with Gasteiger partial charge in [0.05, 0.1) is 29.8 Å². The monoisotopic (exact) mass is 266 g/mol. The first-order valence-corrected chi connectivity index (χ1v) is 6.29. The second-order valence-corrected chi connectivity index (χ2v) is 4.87. The van der Waals surface area contributed by atoms with Crippen LogP contribution in [0.15, 0.2) is 18.2 Å². The highest BCUT2D eigenvalue weighted by Crippen LogP contribution is 2.28.